The minimum absolute atomic E-state index is 0.293. The zero-order valence-electron chi connectivity index (χ0n) is 10.7. The summed E-state index contributed by atoms with van der Waals surface area (Å²) in [7, 11) is 0. The number of aromatic nitrogens is 1. The lowest BCUT2D eigenvalue weighted by Gasteiger charge is -2.26. The summed E-state index contributed by atoms with van der Waals surface area (Å²) in [6.45, 7) is 5.23. The molecule has 100 valence electrons. The minimum Gasteiger partial charge on any atom is -0.508 e. The van der Waals surface area contributed by atoms with Crippen LogP contribution in [0.25, 0.3) is 10.6 Å². The first-order chi connectivity index (χ1) is 9.31. The number of phenolic OH excluding ortho intramolecular Hbond substituents is 1. The van der Waals surface area contributed by atoms with Crippen molar-refractivity contribution in [2.75, 3.05) is 26.2 Å². The number of aromatic hydroxyl groups is 1. The van der Waals surface area contributed by atoms with Crippen LogP contribution in [0.15, 0.2) is 29.6 Å². The SMILES string of the molecule is Oc1ccc(-c2nc(CN3CCNCC3)cs2)cc1. The Morgan fingerprint density at radius 2 is 1.95 bits per heavy atom. The molecule has 4 nitrogen and oxygen atoms in total. The zero-order valence-corrected chi connectivity index (χ0v) is 11.5. The summed E-state index contributed by atoms with van der Waals surface area (Å²) in [5.74, 6) is 0.293. The summed E-state index contributed by atoms with van der Waals surface area (Å²) >= 11 is 1.66. The largest absolute Gasteiger partial charge is 0.508 e. The lowest BCUT2D eigenvalue weighted by atomic mass is 10.2. The molecule has 0 amide bonds. The number of benzene rings is 1. The van der Waals surface area contributed by atoms with Crippen molar-refractivity contribution in [3.8, 4) is 16.3 Å². The predicted octanol–water partition coefficient (Wildman–Crippen LogP) is 1.92. The number of nitrogens with zero attached hydrogens (tertiary/aromatic N) is 2. The van der Waals surface area contributed by atoms with Crippen LogP contribution in [0.4, 0.5) is 0 Å². The van der Waals surface area contributed by atoms with Gasteiger partial charge < -0.3 is 10.4 Å². The third-order valence-electron chi connectivity index (χ3n) is 3.26. The molecule has 1 aromatic carbocycles. The van der Waals surface area contributed by atoms with Gasteiger partial charge in [-0.15, -0.1) is 11.3 Å². The topological polar surface area (TPSA) is 48.4 Å². The average molecular weight is 275 g/mol. The molecule has 0 saturated carbocycles. The van der Waals surface area contributed by atoms with Crippen LogP contribution in [-0.4, -0.2) is 41.2 Å². The molecule has 1 aliphatic rings. The van der Waals surface area contributed by atoms with Crippen LogP contribution in [0.3, 0.4) is 0 Å². The van der Waals surface area contributed by atoms with Crippen LogP contribution >= 0.6 is 11.3 Å². The van der Waals surface area contributed by atoms with E-state index in [0.29, 0.717) is 5.75 Å². The van der Waals surface area contributed by atoms with Gasteiger partial charge in [0.25, 0.3) is 0 Å². The molecule has 2 heterocycles. The van der Waals surface area contributed by atoms with E-state index in [2.05, 4.69) is 20.6 Å². The molecular weight excluding hydrogens is 258 g/mol. The van der Waals surface area contributed by atoms with Crippen LogP contribution in [0.2, 0.25) is 0 Å². The van der Waals surface area contributed by atoms with Crippen LogP contribution < -0.4 is 5.32 Å². The Labute approximate surface area is 116 Å². The summed E-state index contributed by atoms with van der Waals surface area (Å²) in [5.41, 5.74) is 2.20. The zero-order chi connectivity index (χ0) is 13.1. The van der Waals surface area contributed by atoms with Crippen LogP contribution in [0.5, 0.6) is 5.75 Å². The Kier molecular flexibility index (Phi) is 3.77. The minimum atomic E-state index is 0.293. The van der Waals surface area contributed by atoms with Gasteiger partial charge in [0.15, 0.2) is 0 Å². The van der Waals surface area contributed by atoms with Crippen molar-refractivity contribution in [1.29, 1.82) is 0 Å². The molecule has 3 rings (SSSR count). The highest BCUT2D eigenvalue weighted by Crippen LogP contribution is 2.25. The van der Waals surface area contributed by atoms with Gasteiger partial charge in [-0.25, -0.2) is 4.98 Å². The maximum atomic E-state index is 9.30. The first-order valence-corrected chi connectivity index (χ1v) is 7.36. The summed E-state index contributed by atoms with van der Waals surface area (Å²) < 4.78 is 0. The highest BCUT2D eigenvalue weighted by molar-refractivity contribution is 7.13. The van der Waals surface area contributed by atoms with E-state index in [0.717, 1.165) is 49.0 Å². The van der Waals surface area contributed by atoms with Crippen molar-refractivity contribution in [2.24, 2.45) is 0 Å². The first kappa shape index (κ1) is 12.6. The van der Waals surface area contributed by atoms with E-state index >= 15 is 0 Å². The summed E-state index contributed by atoms with van der Waals surface area (Å²) in [4.78, 5) is 7.10. The maximum absolute atomic E-state index is 9.30. The monoisotopic (exact) mass is 275 g/mol. The van der Waals surface area contributed by atoms with Crippen LogP contribution in [0.1, 0.15) is 5.69 Å². The molecule has 2 N–H and O–H groups in total. The van der Waals surface area contributed by atoms with Gasteiger partial charge in [0.1, 0.15) is 10.8 Å². The molecule has 0 atom stereocenters. The fraction of sp³-hybridized carbons (Fsp3) is 0.357. The van der Waals surface area contributed by atoms with Gasteiger partial charge in [-0.1, -0.05) is 0 Å². The molecule has 0 radical (unpaired) electrons. The van der Waals surface area contributed by atoms with Crippen molar-refractivity contribution >= 4 is 11.3 Å². The number of hydrogen-bond donors (Lipinski definition) is 2. The van der Waals surface area contributed by atoms with Gasteiger partial charge in [0.2, 0.25) is 0 Å². The summed E-state index contributed by atoms with van der Waals surface area (Å²) in [6, 6.07) is 7.21. The van der Waals surface area contributed by atoms with E-state index < -0.39 is 0 Å². The second-order valence-corrected chi connectivity index (χ2v) is 5.58. The molecule has 0 bridgehead atoms. The molecule has 0 aliphatic carbocycles. The lowest BCUT2D eigenvalue weighted by molar-refractivity contribution is 0.231. The van der Waals surface area contributed by atoms with Crippen molar-refractivity contribution in [3.05, 3.63) is 35.3 Å². The Hall–Kier alpha value is -1.43. The number of thiazole rings is 1. The Morgan fingerprint density at radius 1 is 1.21 bits per heavy atom. The number of hydrogen-bond acceptors (Lipinski definition) is 5. The Morgan fingerprint density at radius 3 is 2.68 bits per heavy atom. The lowest BCUT2D eigenvalue weighted by Crippen LogP contribution is -2.42. The normalized spacial score (nSPS) is 16.6. The molecule has 2 aromatic rings. The first-order valence-electron chi connectivity index (χ1n) is 6.48. The number of rotatable bonds is 3. The molecule has 1 saturated heterocycles. The second-order valence-electron chi connectivity index (χ2n) is 4.72. The highest BCUT2D eigenvalue weighted by Gasteiger charge is 2.12. The van der Waals surface area contributed by atoms with Gasteiger partial charge in [0, 0.05) is 43.7 Å². The molecule has 5 heteroatoms. The van der Waals surface area contributed by atoms with E-state index in [-0.39, 0.29) is 0 Å². The fourth-order valence-corrected chi connectivity index (χ4v) is 3.03. The number of piperazine rings is 1. The predicted molar refractivity (Wildman–Crippen MR) is 77.4 cm³/mol. The molecular formula is C14H17N3OS. The molecule has 0 unspecified atom stereocenters. The molecule has 0 spiro atoms. The highest BCUT2D eigenvalue weighted by atomic mass is 32.1. The van der Waals surface area contributed by atoms with Gasteiger partial charge in [-0.3, -0.25) is 4.90 Å². The van der Waals surface area contributed by atoms with Gasteiger partial charge in [0.05, 0.1) is 5.69 Å². The van der Waals surface area contributed by atoms with Gasteiger partial charge in [-0.2, -0.15) is 0 Å². The molecule has 1 fully saturated rings. The second kappa shape index (κ2) is 5.69. The smallest absolute Gasteiger partial charge is 0.123 e. The van der Waals surface area contributed by atoms with Crippen LogP contribution in [-0.2, 0) is 6.54 Å². The standard InChI is InChI=1S/C14H17N3OS/c18-13-3-1-11(2-4-13)14-16-12(10-19-14)9-17-7-5-15-6-8-17/h1-4,10,15,18H,5-9H2. The van der Waals surface area contributed by atoms with E-state index in [1.807, 2.05) is 12.1 Å². The van der Waals surface area contributed by atoms with Crippen molar-refractivity contribution in [1.82, 2.24) is 15.2 Å². The third-order valence-corrected chi connectivity index (χ3v) is 4.20. The van der Waals surface area contributed by atoms with Gasteiger partial charge >= 0.3 is 0 Å². The van der Waals surface area contributed by atoms with E-state index in [9.17, 15) is 5.11 Å². The van der Waals surface area contributed by atoms with Crippen molar-refractivity contribution < 1.29 is 5.11 Å². The third kappa shape index (κ3) is 3.12. The average Bonchev–Trinajstić information content (AvgIpc) is 2.89. The van der Waals surface area contributed by atoms with E-state index in [1.54, 1.807) is 23.5 Å². The fourth-order valence-electron chi connectivity index (χ4n) is 2.21. The number of phenols is 1. The van der Waals surface area contributed by atoms with Gasteiger partial charge in [-0.05, 0) is 24.3 Å². The van der Waals surface area contributed by atoms with E-state index in [1.165, 1.54) is 0 Å². The summed E-state index contributed by atoms with van der Waals surface area (Å²) in [6.07, 6.45) is 0. The quantitative estimate of drug-likeness (QED) is 0.898. The van der Waals surface area contributed by atoms with Crippen LogP contribution in [0, 0.1) is 0 Å². The number of nitrogens with one attached hydrogen (secondary N) is 1. The Bertz CT molecular complexity index is 532. The molecule has 19 heavy (non-hydrogen) atoms. The van der Waals surface area contributed by atoms with Crippen molar-refractivity contribution in [2.45, 2.75) is 6.54 Å². The molecule has 1 aliphatic heterocycles. The Balaban J connectivity index is 1.70. The van der Waals surface area contributed by atoms with Crippen molar-refractivity contribution in [3.63, 3.8) is 0 Å². The summed E-state index contributed by atoms with van der Waals surface area (Å²) in [5, 5.41) is 15.8. The van der Waals surface area contributed by atoms with E-state index in [4.69, 9.17) is 0 Å². The molecule has 1 aromatic heterocycles. The maximum Gasteiger partial charge on any atom is 0.123 e.